The van der Waals surface area contributed by atoms with E-state index >= 15 is 0 Å². The second-order valence-electron chi connectivity index (χ2n) is 6.75. The van der Waals surface area contributed by atoms with Gasteiger partial charge in [0.1, 0.15) is 0 Å². The summed E-state index contributed by atoms with van der Waals surface area (Å²) >= 11 is 0. The van der Waals surface area contributed by atoms with Crippen LogP contribution < -0.4 is 5.46 Å². The molecule has 1 fully saturated rings. The van der Waals surface area contributed by atoms with Crippen molar-refractivity contribution in [3.05, 3.63) is 30.3 Å². The van der Waals surface area contributed by atoms with Crippen LogP contribution in [0.1, 0.15) is 47.0 Å². The second kappa shape index (κ2) is 7.28. The lowest BCUT2D eigenvalue weighted by atomic mass is 9.75. The predicted molar refractivity (Wildman–Crippen MR) is 85.1 cm³/mol. The first-order valence-corrected chi connectivity index (χ1v) is 7.90. The second-order valence-corrected chi connectivity index (χ2v) is 6.75. The van der Waals surface area contributed by atoms with E-state index in [2.05, 4.69) is 39.8 Å². The highest BCUT2D eigenvalue weighted by Gasteiger charge is 2.35. The summed E-state index contributed by atoms with van der Waals surface area (Å²) in [4.78, 5) is 0. The summed E-state index contributed by atoms with van der Waals surface area (Å²) in [5, 5.41) is 0. The fourth-order valence-corrected chi connectivity index (χ4v) is 2.91. The molecule has 0 bridgehead atoms. The molecule has 1 aliphatic heterocycles. The summed E-state index contributed by atoms with van der Waals surface area (Å²) in [6, 6.07) is 10.3. The van der Waals surface area contributed by atoms with Crippen LogP contribution in [-0.4, -0.2) is 19.3 Å². The molecule has 3 heteroatoms. The maximum atomic E-state index is 6.17. The number of rotatable bonds is 5. The summed E-state index contributed by atoms with van der Waals surface area (Å²) in [6.07, 6.45) is 3.89. The van der Waals surface area contributed by atoms with Crippen molar-refractivity contribution >= 4 is 12.6 Å². The van der Waals surface area contributed by atoms with E-state index in [0.29, 0.717) is 24.0 Å². The normalized spacial score (nSPS) is 23.6. The molecule has 2 nitrogen and oxygen atoms in total. The smallest absolute Gasteiger partial charge is 0.404 e. The molecule has 1 aromatic carbocycles. The van der Waals surface area contributed by atoms with Gasteiger partial charge in [0.15, 0.2) is 0 Å². The first kappa shape index (κ1) is 15.6. The number of hydrogen-bond donors (Lipinski definition) is 0. The van der Waals surface area contributed by atoms with Gasteiger partial charge in [-0.25, -0.2) is 0 Å². The van der Waals surface area contributed by atoms with Crippen LogP contribution in [0.4, 0.5) is 0 Å². The van der Waals surface area contributed by atoms with Gasteiger partial charge >= 0.3 is 7.12 Å². The van der Waals surface area contributed by atoms with Crippen molar-refractivity contribution in [3.8, 4) is 0 Å². The highest BCUT2D eigenvalue weighted by atomic mass is 16.6. The Morgan fingerprint density at radius 1 is 0.950 bits per heavy atom. The van der Waals surface area contributed by atoms with E-state index in [-0.39, 0.29) is 7.12 Å². The third-order valence-corrected chi connectivity index (χ3v) is 3.70. The lowest BCUT2D eigenvalue weighted by Gasteiger charge is -2.36. The third kappa shape index (κ3) is 4.64. The maximum Gasteiger partial charge on any atom is 0.494 e. The zero-order valence-corrected chi connectivity index (χ0v) is 13.2. The van der Waals surface area contributed by atoms with Gasteiger partial charge in [-0.1, -0.05) is 58.0 Å². The topological polar surface area (TPSA) is 18.5 Å². The Hall–Kier alpha value is -0.795. The van der Waals surface area contributed by atoms with E-state index in [1.165, 1.54) is 0 Å². The molecule has 0 aromatic heterocycles. The van der Waals surface area contributed by atoms with Crippen molar-refractivity contribution in [1.82, 2.24) is 0 Å². The van der Waals surface area contributed by atoms with Crippen LogP contribution in [0.25, 0.3) is 0 Å². The van der Waals surface area contributed by atoms with E-state index in [0.717, 1.165) is 24.7 Å². The third-order valence-electron chi connectivity index (χ3n) is 3.70. The molecule has 0 amide bonds. The van der Waals surface area contributed by atoms with Crippen LogP contribution in [0.2, 0.25) is 0 Å². The van der Waals surface area contributed by atoms with E-state index in [1.807, 2.05) is 18.2 Å². The van der Waals surface area contributed by atoms with Gasteiger partial charge in [0.2, 0.25) is 0 Å². The Balaban J connectivity index is 2.07. The molecule has 20 heavy (non-hydrogen) atoms. The van der Waals surface area contributed by atoms with Crippen molar-refractivity contribution in [2.24, 2.45) is 11.8 Å². The Labute approximate surface area is 124 Å². The first-order valence-electron chi connectivity index (χ1n) is 7.90. The minimum Gasteiger partial charge on any atom is -0.404 e. The van der Waals surface area contributed by atoms with Crippen LogP contribution in [0.15, 0.2) is 30.3 Å². The molecule has 110 valence electrons. The Morgan fingerprint density at radius 3 is 1.90 bits per heavy atom. The van der Waals surface area contributed by atoms with Crippen molar-refractivity contribution in [2.75, 3.05) is 0 Å². The molecular weight excluding hydrogens is 247 g/mol. The zero-order valence-electron chi connectivity index (χ0n) is 13.2. The monoisotopic (exact) mass is 274 g/mol. The van der Waals surface area contributed by atoms with Crippen LogP contribution >= 0.6 is 0 Å². The summed E-state index contributed by atoms with van der Waals surface area (Å²) < 4.78 is 12.3. The lowest BCUT2D eigenvalue weighted by Crippen LogP contribution is -2.49. The van der Waals surface area contributed by atoms with Crippen molar-refractivity contribution < 1.29 is 9.31 Å². The fourth-order valence-electron chi connectivity index (χ4n) is 2.91. The standard InChI is InChI=1S/C17H27BO2/c1-13(2)10-16-12-17(11-14(3)4)20-18(19-16)15-8-6-5-7-9-15/h5-9,13-14,16-17H,10-12H2,1-4H3/t16-,17-/m1/s1. The summed E-state index contributed by atoms with van der Waals surface area (Å²) in [6.45, 7) is 9.03. The van der Waals surface area contributed by atoms with E-state index in [4.69, 9.17) is 9.31 Å². The van der Waals surface area contributed by atoms with E-state index < -0.39 is 0 Å². The average molecular weight is 274 g/mol. The summed E-state index contributed by atoms with van der Waals surface area (Å²) in [5.41, 5.74) is 1.13. The van der Waals surface area contributed by atoms with Gasteiger partial charge in [-0.3, -0.25) is 0 Å². The Bertz CT molecular complexity index is 373. The molecule has 1 saturated heterocycles. The molecule has 1 aliphatic rings. The predicted octanol–water partition coefficient (Wildman–Crippen LogP) is 3.65. The van der Waals surface area contributed by atoms with Gasteiger partial charge < -0.3 is 9.31 Å². The minimum atomic E-state index is -0.197. The molecule has 2 rings (SSSR count). The van der Waals surface area contributed by atoms with Crippen LogP contribution in [0.5, 0.6) is 0 Å². The summed E-state index contributed by atoms with van der Waals surface area (Å²) in [7, 11) is -0.197. The molecule has 0 unspecified atom stereocenters. The van der Waals surface area contributed by atoms with Crippen LogP contribution in [0.3, 0.4) is 0 Å². The van der Waals surface area contributed by atoms with Gasteiger partial charge in [0, 0.05) is 12.2 Å². The zero-order chi connectivity index (χ0) is 14.5. The van der Waals surface area contributed by atoms with Crippen LogP contribution in [0, 0.1) is 11.8 Å². The molecule has 0 saturated carbocycles. The fraction of sp³-hybridized carbons (Fsp3) is 0.647. The van der Waals surface area contributed by atoms with E-state index in [9.17, 15) is 0 Å². The first-order chi connectivity index (χ1) is 9.54. The molecule has 0 N–H and O–H groups in total. The molecule has 0 spiro atoms. The van der Waals surface area contributed by atoms with Crippen molar-refractivity contribution in [1.29, 1.82) is 0 Å². The number of benzene rings is 1. The summed E-state index contributed by atoms with van der Waals surface area (Å²) in [5.74, 6) is 1.32. The highest BCUT2D eigenvalue weighted by Crippen LogP contribution is 2.25. The molecular formula is C17H27BO2. The Kier molecular flexibility index (Phi) is 5.68. The molecule has 1 heterocycles. The van der Waals surface area contributed by atoms with Gasteiger partial charge in [0.05, 0.1) is 0 Å². The highest BCUT2D eigenvalue weighted by molar-refractivity contribution is 6.61. The molecule has 0 aliphatic carbocycles. The maximum absolute atomic E-state index is 6.17. The van der Waals surface area contributed by atoms with Gasteiger partial charge in [-0.15, -0.1) is 0 Å². The molecule has 0 radical (unpaired) electrons. The molecule has 1 aromatic rings. The van der Waals surface area contributed by atoms with Crippen molar-refractivity contribution in [3.63, 3.8) is 0 Å². The van der Waals surface area contributed by atoms with Crippen molar-refractivity contribution in [2.45, 2.75) is 59.2 Å². The lowest BCUT2D eigenvalue weighted by molar-refractivity contribution is 0.00518. The van der Waals surface area contributed by atoms with E-state index in [1.54, 1.807) is 0 Å². The molecule has 2 atom stereocenters. The quantitative estimate of drug-likeness (QED) is 0.763. The van der Waals surface area contributed by atoms with Gasteiger partial charge in [-0.2, -0.15) is 0 Å². The Morgan fingerprint density at radius 2 is 1.45 bits per heavy atom. The van der Waals surface area contributed by atoms with Crippen LogP contribution in [-0.2, 0) is 9.31 Å². The minimum absolute atomic E-state index is 0.197. The van der Waals surface area contributed by atoms with Gasteiger partial charge in [0.25, 0.3) is 0 Å². The largest absolute Gasteiger partial charge is 0.494 e. The average Bonchev–Trinajstić information content (AvgIpc) is 2.38. The SMILES string of the molecule is CC(C)C[C@@H]1C[C@@H](CC(C)C)OB(c2ccccc2)O1. The van der Waals surface area contributed by atoms with Gasteiger partial charge in [-0.05, 0) is 36.6 Å². The number of hydrogen-bond acceptors (Lipinski definition) is 2.